The second-order valence-electron chi connectivity index (χ2n) is 3.35. The minimum Gasteiger partial charge on any atom is -0.336 e. The summed E-state index contributed by atoms with van der Waals surface area (Å²) in [5.74, 6) is 0. The lowest BCUT2D eigenvalue weighted by atomic mass is 10.1. The van der Waals surface area contributed by atoms with Crippen LogP contribution in [0.3, 0.4) is 0 Å². The predicted molar refractivity (Wildman–Crippen MR) is 52.4 cm³/mol. The van der Waals surface area contributed by atoms with Gasteiger partial charge < -0.3 is 10.3 Å². The third-order valence-electron chi connectivity index (χ3n) is 2.26. The molecule has 2 heterocycles. The van der Waals surface area contributed by atoms with Crippen LogP contribution < -0.4 is 5.73 Å². The van der Waals surface area contributed by atoms with E-state index in [4.69, 9.17) is 5.73 Å². The Morgan fingerprint density at radius 1 is 1.36 bits per heavy atom. The third kappa shape index (κ3) is 1.42. The molecule has 0 radical (unpaired) electrons. The van der Waals surface area contributed by atoms with Crippen molar-refractivity contribution < 1.29 is 0 Å². The fraction of sp³-hybridized carbons (Fsp3) is 0.333. The van der Waals surface area contributed by atoms with Crippen molar-refractivity contribution in [1.82, 2.24) is 19.3 Å². The van der Waals surface area contributed by atoms with E-state index in [9.17, 15) is 0 Å². The number of hydrogen-bond donors (Lipinski definition) is 1. The van der Waals surface area contributed by atoms with E-state index in [0.717, 1.165) is 11.3 Å². The summed E-state index contributed by atoms with van der Waals surface area (Å²) in [6, 6.07) is -0.156. The molecule has 2 N–H and O–H groups in total. The molecule has 14 heavy (non-hydrogen) atoms. The normalized spacial score (nSPS) is 13.1. The van der Waals surface area contributed by atoms with Gasteiger partial charge in [0.1, 0.15) is 0 Å². The van der Waals surface area contributed by atoms with E-state index in [1.165, 1.54) is 0 Å². The van der Waals surface area contributed by atoms with Gasteiger partial charge in [-0.3, -0.25) is 4.68 Å². The van der Waals surface area contributed by atoms with Crippen molar-refractivity contribution in [2.24, 2.45) is 19.8 Å². The summed E-state index contributed by atoms with van der Waals surface area (Å²) in [6.07, 6.45) is 7.21. The first-order valence-electron chi connectivity index (χ1n) is 4.39. The Bertz CT molecular complexity index is 428. The Hall–Kier alpha value is -1.62. The van der Waals surface area contributed by atoms with Crippen LogP contribution >= 0.6 is 0 Å². The average molecular weight is 191 g/mol. The van der Waals surface area contributed by atoms with Gasteiger partial charge in [0.05, 0.1) is 30.5 Å². The smallest absolute Gasteiger partial charge is 0.0946 e. The molecule has 0 saturated heterocycles. The minimum absolute atomic E-state index is 0.156. The molecule has 1 atom stereocenters. The van der Waals surface area contributed by atoms with E-state index in [1.54, 1.807) is 23.4 Å². The fourth-order valence-electron chi connectivity index (χ4n) is 1.44. The molecule has 5 nitrogen and oxygen atoms in total. The summed E-state index contributed by atoms with van der Waals surface area (Å²) in [5, 5.41) is 4.08. The average Bonchev–Trinajstić information content (AvgIpc) is 2.73. The number of nitrogens with zero attached hydrogens (tertiary/aromatic N) is 4. The molecular formula is C9H13N5. The molecular weight excluding hydrogens is 178 g/mol. The fourth-order valence-corrected chi connectivity index (χ4v) is 1.44. The number of rotatable bonds is 2. The van der Waals surface area contributed by atoms with Crippen molar-refractivity contribution in [3.8, 4) is 0 Å². The highest BCUT2D eigenvalue weighted by Crippen LogP contribution is 2.17. The van der Waals surface area contributed by atoms with Crippen LogP contribution in [-0.4, -0.2) is 19.3 Å². The van der Waals surface area contributed by atoms with Gasteiger partial charge in [-0.1, -0.05) is 0 Å². The summed E-state index contributed by atoms with van der Waals surface area (Å²) in [6.45, 7) is 0. The molecule has 5 heteroatoms. The second-order valence-corrected chi connectivity index (χ2v) is 3.35. The molecule has 0 aliphatic carbocycles. The quantitative estimate of drug-likeness (QED) is 0.737. The zero-order chi connectivity index (χ0) is 10.1. The maximum Gasteiger partial charge on any atom is 0.0946 e. The highest BCUT2D eigenvalue weighted by atomic mass is 15.2. The van der Waals surface area contributed by atoms with Crippen molar-refractivity contribution in [1.29, 1.82) is 0 Å². The van der Waals surface area contributed by atoms with Crippen molar-refractivity contribution >= 4 is 0 Å². The number of nitrogens with two attached hydrogens (primary N) is 1. The summed E-state index contributed by atoms with van der Waals surface area (Å²) >= 11 is 0. The van der Waals surface area contributed by atoms with E-state index in [1.807, 2.05) is 24.9 Å². The van der Waals surface area contributed by atoms with Crippen LogP contribution in [-0.2, 0) is 14.1 Å². The third-order valence-corrected chi connectivity index (χ3v) is 2.26. The summed E-state index contributed by atoms with van der Waals surface area (Å²) in [5.41, 5.74) is 8.04. The summed E-state index contributed by atoms with van der Waals surface area (Å²) < 4.78 is 3.66. The Labute approximate surface area is 82.2 Å². The van der Waals surface area contributed by atoms with Crippen LogP contribution in [0.4, 0.5) is 0 Å². The van der Waals surface area contributed by atoms with E-state index < -0.39 is 0 Å². The lowest BCUT2D eigenvalue weighted by Gasteiger charge is -2.09. The van der Waals surface area contributed by atoms with Crippen LogP contribution in [0, 0.1) is 0 Å². The summed E-state index contributed by atoms with van der Waals surface area (Å²) in [7, 11) is 3.80. The molecule has 0 saturated carbocycles. The zero-order valence-electron chi connectivity index (χ0n) is 8.25. The van der Waals surface area contributed by atoms with Crippen LogP contribution in [0.1, 0.15) is 17.3 Å². The maximum atomic E-state index is 6.06. The van der Waals surface area contributed by atoms with Crippen LogP contribution in [0.15, 0.2) is 24.9 Å². The molecule has 0 spiro atoms. The van der Waals surface area contributed by atoms with Gasteiger partial charge in [0.2, 0.25) is 0 Å². The second kappa shape index (κ2) is 3.26. The van der Waals surface area contributed by atoms with Crippen LogP contribution in [0.5, 0.6) is 0 Å². The Kier molecular flexibility index (Phi) is 2.09. The van der Waals surface area contributed by atoms with Crippen LogP contribution in [0.25, 0.3) is 0 Å². The molecule has 74 valence electrons. The van der Waals surface area contributed by atoms with E-state index >= 15 is 0 Å². The molecule has 2 aromatic rings. The van der Waals surface area contributed by atoms with Crippen molar-refractivity contribution in [3.63, 3.8) is 0 Å². The first-order valence-corrected chi connectivity index (χ1v) is 4.39. The molecule has 0 aromatic carbocycles. The summed E-state index contributed by atoms with van der Waals surface area (Å²) in [4.78, 5) is 4.03. The van der Waals surface area contributed by atoms with Crippen molar-refractivity contribution in [2.45, 2.75) is 6.04 Å². The molecule has 0 bridgehead atoms. The number of hydrogen-bond acceptors (Lipinski definition) is 3. The first-order chi connectivity index (χ1) is 6.68. The largest absolute Gasteiger partial charge is 0.336 e. The van der Waals surface area contributed by atoms with Gasteiger partial charge in [0.25, 0.3) is 0 Å². The Morgan fingerprint density at radius 3 is 2.64 bits per heavy atom. The Morgan fingerprint density at radius 2 is 2.14 bits per heavy atom. The van der Waals surface area contributed by atoms with E-state index in [0.29, 0.717) is 0 Å². The number of imidazole rings is 1. The maximum absolute atomic E-state index is 6.06. The first kappa shape index (κ1) is 8.96. The highest BCUT2D eigenvalue weighted by Gasteiger charge is 2.13. The van der Waals surface area contributed by atoms with E-state index in [-0.39, 0.29) is 6.04 Å². The zero-order valence-corrected chi connectivity index (χ0v) is 8.25. The lowest BCUT2D eigenvalue weighted by Crippen LogP contribution is -2.14. The number of aryl methyl sites for hydroxylation is 2. The van der Waals surface area contributed by atoms with E-state index in [2.05, 4.69) is 10.1 Å². The van der Waals surface area contributed by atoms with Gasteiger partial charge in [-0.15, -0.1) is 0 Å². The molecule has 0 fully saturated rings. The molecule has 1 unspecified atom stereocenters. The van der Waals surface area contributed by atoms with Gasteiger partial charge >= 0.3 is 0 Å². The van der Waals surface area contributed by atoms with Crippen LogP contribution in [0.2, 0.25) is 0 Å². The van der Waals surface area contributed by atoms with Gasteiger partial charge in [0, 0.05) is 25.9 Å². The highest BCUT2D eigenvalue weighted by molar-refractivity contribution is 5.21. The van der Waals surface area contributed by atoms with Crippen molar-refractivity contribution in [3.05, 3.63) is 36.2 Å². The number of aromatic nitrogens is 4. The van der Waals surface area contributed by atoms with Gasteiger partial charge in [-0.05, 0) is 0 Å². The molecule has 2 aromatic heterocycles. The monoisotopic (exact) mass is 191 g/mol. The molecule has 0 aliphatic rings. The SMILES string of the molecule is Cn1cc(C(N)c2cncn2C)cn1. The van der Waals surface area contributed by atoms with Crippen molar-refractivity contribution in [2.75, 3.05) is 0 Å². The Balaban J connectivity index is 2.33. The topological polar surface area (TPSA) is 61.7 Å². The molecule has 2 rings (SSSR count). The van der Waals surface area contributed by atoms with Gasteiger partial charge in [-0.25, -0.2) is 4.98 Å². The van der Waals surface area contributed by atoms with Gasteiger partial charge in [0.15, 0.2) is 0 Å². The lowest BCUT2D eigenvalue weighted by molar-refractivity contribution is 0.740. The molecule has 0 amide bonds. The standard InChI is InChI=1S/C9H13N5/c1-13-6-11-4-8(13)9(10)7-3-12-14(2)5-7/h3-6,9H,10H2,1-2H3. The van der Waals surface area contributed by atoms with Gasteiger partial charge in [-0.2, -0.15) is 5.10 Å². The minimum atomic E-state index is -0.156. The molecule has 0 aliphatic heterocycles. The predicted octanol–water partition coefficient (Wildman–Crippen LogP) is 0.202.